The number of carboxylic acid groups (broad SMARTS) is 1. The molecular weight excluding hydrogens is 183 g/mol. The Hall–Kier alpha value is -1.17. The molecule has 0 N–H and O–H groups in total. The van der Waals surface area contributed by atoms with Crippen molar-refractivity contribution in [3.05, 3.63) is 18.5 Å². The van der Waals surface area contributed by atoms with Gasteiger partial charge in [0, 0.05) is 12.4 Å². The second kappa shape index (κ2) is 4.01. The van der Waals surface area contributed by atoms with Crippen molar-refractivity contribution in [3.8, 4) is 0 Å². The summed E-state index contributed by atoms with van der Waals surface area (Å²) in [7, 11) is 0. The van der Waals surface area contributed by atoms with E-state index in [1.54, 1.807) is 6.07 Å². The van der Waals surface area contributed by atoms with Gasteiger partial charge in [0.1, 0.15) is 0 Å². The maximum absolute atomic E-state index is 12.4. The summed E-state index contributed by atoms with van der Waals surface area (Å²) >= 11 is 0.401. The van der Waals surface area contributed by atoms with Crippen LogP contribution in [0.25, 0.3) is 0 Å². The van der Waals surface area contributed by atoms with E-state index in [4.69, 9.17) is 0 Å². The zero-order valence-electron chi connectivity index (χ0n) is 5.81. The molecule has 0 saturated carbocycles. The summed E-state index contributed by atoms with van der Waals surface area (Å²) in [6.45, 7) is 0. The Morgan fingerprint density at radius 2 is 2.17 bits per heavy atom. The highest BCUT2D eigenvalue weighted by molar-refractivity contribution is 8.00. The van der Waals surface area contributed by atoms with E-state index in [-0.39, 0.29) is 5.16 Å². The molecule has 0 radical (unpaired) electrons. The third kappa shape index (κ3) is 2.46. The molecule has 0 saturated heterocycles. The van der Waals surface area contributed by atoms with Gasteiger partial charge in [0.05, 0.1) is 5.97 Å². The van der Waals surface area contributed by atoms with Crippen molar-refractivity contribution < 1.29 is 14.3 Å². The largest absolute Gasteiger partial charge is 0.546 e. The van der Waals surface area contributed by atoms with Gasteiger partial charge in [0.15, 0.2) is 10.7 Å². The van der Waals surface area contributed by atoms with Gasteiger partial charge in [-0.2, -0.15) is 0 Å². The van der Waals surface area contributed by atoms with Crippen LogP contribution in [0.3, 0.4) is 0 Å². The molecule has 0 aliphatic carbocycles. The van der Waals surface area contributed by atoms with Crippen molar-refractivity contribution in [1.29, 1.82) is 0 Å². The Morgan fingerprint density at radius 1 is 1.58 bits per heavy atom. The molecule has 0 bridgehead atoms. The smallest absolute Gasteiger partial charge is 0.192 e. The minimum atomic E-state index is -2.12. The number of thioether (sulfide) groups is 1. The van der Waals surface area contributed by atoms with Crippen LogP contribution in [0.1, 0.15) is 0 Å². The fourth-order valence-corrected chi connectivity index (χ4v) is 1.01. The summed E-state index contributed by atoms with van der Waals surface area (Å²) in [5.74, 6) is -1.77. The molecule has 1 aromatic rings. The van der Waals surface area contributed by atoms with Crippen LogP contribution in [0.15, 0.2) is 23.6 Å². The number of nitrogens with zero attached hydrogens (tertiary/aromatic N) is 2. The molecular formula is C6H4FN2O2S-. The molecule has 0 spiro atoms. The van der Waals surface area contributed by atoms with E-state index >= 15 is 0 Å². The highest BCUT2D eigenvalue weighted by atomic mass is 32.2. The first-order valence-corrected chi connectivity index (χ1v) is 3.86. The number of halogens is 1. The lowest BCUT2D eigenvalue weighted by Crippen LogP contribution is -2.30. The van der Waals surface area contributed by atoms with Gasteiger partial charge < -0.3 is 9.90 Å². The average Bonchev–Trinajstić information content (AvgIpc) is 2.06. The van der Waals surface area contributed by atoms with E-state index in [1.807, 2.05) is 0 Å². The maximum atomic E-state index is 12.4. The summed E-state index contributed by atoms with van der Waals surface area (Å²) in [6, 6.07) is 1.55. The first-order chi connectivity index (χ1) is 5.70. The van der Waals surface area contributed by atoms with E-state index < -0.39 is 11.5 Å². The third-order valence-corrected chi connectivity index (χ3v) is 1.76. The molecule has 0 aromatic carbocycles. The number of hydrogen-bond donors (Lipinski definition) is 0. The molecule has 64 valence electrons. The van der Waals surface area contributed by atoms with Gasteiger partial charge >= 0.3 is 0 Å². The zero-order valence-corrected chi connectivity index (χ0v) is 6.62. The standard InChI is InChI=1S/C6H5FN2O2S/c7-4(5(10)11)12-6-8-2-1-3-9-6/h1-4H,(H,10,11)/p-1/t4-/m0/s1. The molecule has 6 heteroatoms. The van der Waals surface area contributed by atoms with Crippen molar-refractivity contribution in [1.82, 2.24) is 9.97 Å². The van der Waals surface area contributed by atoms with E-state index in [0.29, 0.717) is 11.8 Å². The third-order valence-electron chi connectivity index (χ3n) is 0.936. The number of rotatable bonds is 3. The SMILES string of the molecule is O=C([O-])[C@@H](F)Sc1ncccn1. The molecule has 1 heterocycles. The van der Waals surface area contributed by atoms with Crippen LogP contribution in [-0.4, -0.2) is 21.4 Å². The number of carbonyl (C=O) groups excluding carboxylic acids is 1. The quantitative estimate of drug-likeness (QED) is 0.476. The monoisotopic (exact) mass is 187 g/mol. The van der Waals surface area contributed by atoms with Gasteiger partial charge in [0.25, 0.3) is 0 Å². The van der Waals surface area contributed by atoms with Crippen LogP contribution >= 0.6 is 11.8 Å². The van der Waals surface area contributed by atoms with Gasteiger partial charge in [-0.3, -0.25) is 0 Å². The van der Waals surface area contributed by atoms with E-state index in [0.717, 1.165) is 0 Å². The maximum Gasteiger partial charge on any atom is 0.192 e. The number of alkyl halides is 1. The number of hydrogen-bond acceptors (Lipinski definition) is 5. The lowest BCUT2D eigenvalue weighted by atomic mass is 10.7. The topological polar surface area (TPSA) is 65.9 Å². The van der Waals surface area contributed by atoms with Gasteiger partial charge in [-0.05, 0) is 17.8 Å². The fraction of sp³-hybridized carbons (Fsp3) is 0.167. The summed E-state index contributed by atoms with van der Waals surface area (Å²) in [5, 5.41) is 10.0. The van der Waals surface area contributed by atoms with Crippen molar-refractivity contribution in [3.63, 3.8) is 0 Å². The zero-order chi connectivity index (χ0) is 8.97. The van der Waals surface area contributed by atoms with Crippen molar-refractivity contribution in [2.45, 2.75) is 10.7 Å². The highest BCUT2D eigenvalue weighted by Crippen LogP contribution is 2.18. The van der Waals surface area contributed by atoms with Crippen LogP contribution in [0.5, 0.6) is 0 Å². The van der Waals surface area contributed by atoms with Crippen LogP contribution in [0, 0.1) is 0 Å². The van der Waals surface area contributed by atoms with Gasteiger partial charge in [-0.1, -0.05) is 0 Å². The Labute approximate surface area is 71.8 Å². The molecule has 0 aliphatic heterocycles. The lowest BCUT2D eigenvalue weighted by molar-refractivity contribution is -0.308. The second-order valence-electron chi connectivity index (χ2n) is 1.78. The number of aliphatic carboxylic acids is 1. The summed E-state index contributed by atoms with van der Waals surface area (Å²) < 4.78 is 12.4. The average molecular weight is 187 g/mol. The van der Waals surface area contributed by atoms with Crippen molar-refractivity contribution >= 4 is 17.7 Å². The summed E-state index contributed by atoms with van der Waals surface area (Å²) in [4.78, 5) is 17.2. The van der Waals surface area contributed by atoms with Gasteiger partial charge in [-0.25, -0.2) is 14.4 Å². The Bertz CT molecular complexity index is 270. The lowest BCUT2D eigenvalue weighted by Gasteiger charge is -2.05. The Kier molecular flexibility index (Phi) is 2.98. The number of carbonyl (C=O) groups is 1. The van der Waals surface area contributed by atoms with E-state index in [2.05, 4.69) is 9.97 Å². The van der Waals surface area contributed by atoms with E-state index in [9.17, 15) is 14.3 Å². The van der Waals surface area contributed by atoms with Gasteiger partial charge in [-0.15, -0.1) is 0 Å². The molecule has 0 unspecified atom stereocenters. The first kappa shape index (κ1) is 8.92. The molecule has 1 atom stereocenters. The number of carboxylic acids is 1. The highest BCUT2D eigenvalue weighted by Gasteiger charge is 2.10. The van der Waals surface area contributed by atoms with Crippen molar-refractivity contribution in [2.24, 2.45) is 0 Å². The van der Waals surface area contributed by atoms with Gasteiger partial charge in [0.2, 0.25) is 0 Å². The van der Waals surface area contributed by atoms with E-state index in [1.165, 1.54) is 12.4 Å². The molecule has 1 rings (SSSR count). The first-order valence-electron chi connectivity index (χ1n) is 2.99. The van der Waals surface area contributed by atoms with Crippen LogP contribution in [0.4, 0.5) is 4.39 Å². The number of aromatic nitrogens is 2. The molecule has 0 aliphatic rings. The molecule has 0 fully saturated rings. The summed E-state index contributed by atoms with van der Waals surface area (Å²) in [5.41, 5.74) is -2.12. The Balaban J connectivity index is 2.58. The van der Waals surface area contributed by atoms with Crippen LogP contribution in [-0.2, 0) is 4.79 Å². The second-order valence-corrected chi connectivity index (χ2v) is 2.80. The Morgan fingerprint density at radius 3 is 2.67 bits per heavy atom. The minimum absolute atomic E-state index is 0.0780. The minimum Gasteiger partial charge on any atom is -0.546 e. The molecule has 0 amide bonds. The normalized spacial score (nSPS) is 12.4. The van der Waals surface area contributed by atoms with Crippen LogP contribution < -0.4 is 5.11 Å². The summed E-state index contributed by atoms with van der Waals surface area (Å²) in [6.07, 6.45) is 2.80. The molecule has 1 aromatic heterocycles. The molecule has 4 nitrogen and oxygen atoms in total. The predicted octanol–water partition coefficient (Wildman–Crippen LogP) is -0.386. The van der Waals surface area contributed by atoms with Crippen molar-refractivity contribution in [2.75, 3.05) is 0 Å². The molecule has 12 heavy (non-hydrogen) atoms. The predicted molar refractivity (Wildman–Crippen MR) is 37.8 cm³/mol. The fourth-order valence-electron chi connectivity index (χ4n) is 0.487. The van der Waals surface area contributed by atoms with Crippen LogP contribution in [0.2, 0.25) is 0 Å².